The Morgan fingerprint density at radius 2 is 1.86 bits per heavy atom. The Labute approximate surface area is 206 Å². The molecule has 2 N–H and O–H groups in total. The van der Waals surface area contributed by atoms with Gasteiger partial charge < -0.3 is 15.4 Å². The highest BCUT2D eigenvalue weighted by Gasteiger charge is 2.43. The predicted molar refractivity (Wildman–Crippen MR) is 134 cm³/mol. The van der Waals surface area contributed by atoms with Gasteiger partial charge in [0.25, 0.3) is 0 Å². The van der Waals surface area contributed by atoms with E-state index in [0.29, 0.717) is 42.6 Å². The molecule has 4 aliphatic rings. The molecule has 35 heavy (non-hydrogen) atoms. The molecule has 2 saturated carbocycles. The summed E-state index contributed by atoms with van der Waals surface area (Å²) < 4.78 is 44.5. The van der Waals surface area contributed by atoms with Gasteiger partial charge in [0.15, 0.2) is 0 Å². The Hall–Kier alpha value is -2.30. The van der Waals surface area contributed by atoms with Gasteiger partial charge in [0, 0.05) is 24.3 Å². The summed E-state index contributed by atoms with van der Waals surface area (Å²) in [6.07, 6.45) is 9.22. The van der Waals surface area contributed by atoms with Gasteiger partial charge in [-0.2, -0.15) is 0 Å². The number of alkyl halides is 1. The molecule has 2 aliphatic carbocycles. The van der Waals surface area contributed by atoms with E-state index in [-0.39, 0.29) is 12.5 Å². The maximum atomic E-state index is 14.8. The maximum absolute atomic E-state index is 14.8. The van der Waals surface area contributed by atoms with Crippen molar-refractivity contribution < 1.29 is 17.5 Å². The van der Waals surface area contributed by atoms with Crippen molar-refractivity contribution in [1.82, 2.24) is 9.97 Å². The zero-order valence-electron chi connectivity index (χ0n) is 20.4. The number of anilines is 1. The Kier molecular flexibility index (Phi) is 6.71. The molecule has 2 bridgehead atoms. The molecule has 1 aromatic rings. The van der Waals surface area contributed by atoms with Crippen LogP contribution in [-0.2, 0) is 9.84 Å². The van der Waals surface area contributed by atoms with Crippen molar-refractivity contribution in [3.05, 3.63) is 11.9 Å². The molecule has 2 aliphatic heterocycles. The van der Waals surface area contributed by atoms with Crippen LogP contribution >= 0.6 is 0 Å². The number of aliphatic imine (C=N–C) groups is 2. The molecule has 2 saturated heterocycles. The number of piperidine rings is 1. The second-order valence-corrected chi connectivity index (χ2v) is 12.9. The van der Waals surface area contributed by atoms with Crippen molar-refractivity contribution in [3.63, 3.8) is 0 Å². The average Bonchev–Trinajstić information content (AvgIpc) is 3.62. The summed E-state index contributed by atoms with van der Waals surface area (Å²) in [4.78, 5) is 20.3. The molecule has 9 nitrogen and oxygen atoms in total. The third kappa shape index (κ3) is 5.29. The van der Waals surface area contributed by atoms with Crippen LogP contribution in [0.3, 0.4) is 0 Å². The molecule has 0 radical (unpaired) electrons. The molecule has 3 heterocycles. The van der Waals surface area contributed by atoms with E-state index in [1.807, 2.05) is 6.92 Å². The van der Waals surface area contributed by atoms with Crippen LogP contribution in [0.25, 0.3) is 0 Å². The predicted octanol–water partition coefficient (Wildman–Crippen LogP) is 2.76. The van der Waals surface area contributed by atoms with Crippen molar-refractivity contribution in [2.24, 2.45) is 21.6 Å². The molecule has 0 spiro atoms. The molecule has 5 rings (SSSR count). The number of ether oxygens (including phenoxy) is 1. The summed E-state index contributed by atoms with van der Waals surface area (Å²) in [7, 11) is -3.26. The van der Waals surface area contributed by atoms with Gasteiger partial charge in [-0.3, -0.25) is 4.99 Å². The van der Waals surface area contributed by atoms with Crippen LogP contribution in [0.4, 0.5) is 10.2 Å². The van der Waals surface area contributed by atoms with E-state index in [2.05, 4.69) is 19.9 Å². The van der Waals surface area contributed by atoms with Crippen LogP contribution in [0.5, 0.6) is 5.88 Å². The third-order valence-corrected chi connectivity index (χ3v) is 9.62. The lowest BCUT2D eigenvalue weighted by molar-refractivity contribution is 0.0607. The van der Waals surface area contributed by atoms with E-state index in [4.69, 9.17) is 15.5 Å². The Morgan fingerprint density at radius 3 is 2.49 bits per heavy atom. The van der Waals surface area contributed by atoms with Gasteiger partial charge in [0.05, 0.1) is 16.9 Å². The lowest BCUT2D eigenvalue weighted by Crippen LogP contribution is -2.45. The summed E-state index contributed by atoms with van der Waals surface area (Å²) in [5, 5.41) is -0.644. The minimum atomic E-state index is -3.26. The minimum absolute atomic E-state index is 0.0327. The van der Waals surface area contributed by atoms with Crippen LogP contribution in [0.2, 0.25) is 0 Å². The molecule has 192 valence electrons. The zero-order valence-corrected chi connectivity index (χ0v) is 21.2. The molecule has 0 aromatic carbocycles. The lowest BCUT2D eigenvalue weighted by Gasteiger charge is -2.39. The van der Waals surface area contributed by atoms with Crippen molar-refractivity contribution in [3.8, 4) is 5.88 Å². The summed E-state index contributed by atoms with van der Waals surface area (Å²) in [6, 6.07) is 0.858. The van der Waals surface area contributed by atoms with Gasteiger partial charge in [-0.15, -0.1) is 0 Å². The fourth-order valence-electron chi connectivity index (χ4n) is 5.82. The second kappa shape index (κ2) is 9.63. The SMILES string of the molecule is Cc1c(OC2CCC(S(C)(=O)=O)CC2F)ncnc1N1C2CCC1CC(N=CN=C(N)C1CC1)C2. The summed E-state index contributed by atoms with van der Waals surface area (Å²) >= 11 is 0. The number of hydrogen-bond acceptors (Lipinski definition) is 7. The first-order valence-corrected chi connectivity index (χ1v) is 14.6. The van der Waals surface area contributed by atoms with E-state index in [1.165, 1.54) is 12.6 Å². The number of rotatable bonds is 7. The monoisotopic (exact) mass is 506 g/mol. The van der Waals surface area contributed by atoms with Gasteiger partial charge in [-0.25, -0.2) is 27.8 Å². The highest BCUT2D eigenvalue weighted by molar-refractivity contribution is 7.91. The summed E-state index contributed by atoms with van der Waals surface area (Å²) in [5.74, 6) is 2.35. The van der Waals surface area contributed by atoms with Crippen LogP contribution in [0.1, 0.15) is 63.4 Å². The largest absolute Gasteiger partial charge is 0.471 e. The van der Waals surface area contributed by atoms with Gasteiger partial charge in [0.2, 0.25) is 5.88 Å². The molecule has 4 fully saturated rings. The van der Waals surface area contributed by atoms with E-state index in [0.717, 1.165) is 49.9 Å². The molecule has 1 aromatic heterocycles. The van der Waals surface area contributed by atoms with Gasteiger partial charge >= 0.3 is 0 Å². The Balaban J connectivity index is 1.25. The number of nitrogens with two attached hydrogens (primary N) is 1. The summed E-state index contributed by atoms with van der Waals surface area (Å²) in [6.45, 7) is 1.92. The van der Waals surface area contributed by atoms with Crippen molar-refractivity contribution in [2.75, 3.05) is 11.2 Å². The first-order chi connectivity index (χ1) is 16.7. The van der Waals surface area contributed by atoms with Crippen LogP contribution in [0.15, 0.2) is 16.3 Å². The first-order valence-electron chi connectivity index (χ1n) is 12.6. The fraction of sp³-hybridized carbons (Fsp3) is 0.750. The highest BCUT2D eigenvalue weighted by Crippen LogP contribution is 2.42. The standard InChI is InChI=1S/C24H35FN6O3S/c1-14-23(29-13-30-24(14)34-21-8-7-19(11-20(21)25)35(2,32)33)31-17-5-6-18(31)10-16(9-17)27-12-28-22(26)15-3-4-15/h12-13,15-21H,3-11H2,1-2H3,(H2,26,27,28). The average molecular weight is 507 g/mol. The molecule has 11 heteroatoms. The van der Waals surface area contributed by atoms with Crippen molar-refractivity contribution >= 4 is 27.8 Å². The van der Waals surface area contributed by atoms with Gasteiger partial charge in [0.1, 0.15) is 46.4 Å². The minimum Gasteiger partial charge on any atom is -0.471 e. The molecular weight excluding hydrogens is 471 g/mol. The molecule has 0 amide bonds. The third-order valence-electron chi connectivity index (χ3n) is 7.98. The number of nitrogens with zero attached hydrogens (tertiary/aromatic N) is 5. The normalized spacial score (nSPS) is 33.9. The molecular formula is C24H35FN6O3S. The van der Waals surface area contributed by atoms with Crippen LogP contribution in [-0.4, -0.2) is 72.5 Å². The van der Waals surface area contributed by atoms with Crippen LogP contribution < -0.4 is 15.4 Å². The van der Waals surface area contributed by atoms with E-state index in [1.54, 1.807) is 6.34 Å². The smallest absolute Gasteiger partial charge is 0.221 e. The topological polar surface area (TPSA) is 123 Å². The number of hydrogen-bond donors (Lipinski definition) is 1. The first kappa shape index (κ1) is 24.4. The molecule has 5 unspecified atom stereocenters. The van der Waals surface area contributed by atoms with E-state index < -0.39 is 27.4 Å². The maximum Gasteiger partial charge on any atom is 0.221 e. The van der Waals surface area contributed by atoms with E-state index >= 15 is 0 Å². The van der Waals surface area contributed by atoms with Crippen molar-refractivity contribution in [2.45, 2.75) is 100 Å². The van der Waals surface area contributed by atoms with Gasteiger partial charge in [-0.1, -0.05) is 0 Å². The second-order valence-electron chi connectivity index (χ2n) is 10.6. The number of halogens is 1. The quantitative estimate of drug-likeness (QED) is 0.445. The van der Waals surface area contributed by atoms with Crippen molar-refractivity contribution in [1.29, 1.82) is 0 Å². The van der Waals surface area contributed by atoms with Gasteiger partial charge in [-0.05, 0) is 64.7 Å². The lowest BCUT2D eigenvalue weighted by atomic mass is 9.95. The highest BCUT2D eigenvalue weighted by atomic mass is 32.2. The number of aromatic nitrogens is 2. The zero-order chi connectivity index (χ0) is 24.7. The Bertz CT molecular complexity index is 1090. The number of amidine groups is 1. The number of sulfone groups is 1. The fourth-order valence-corrected chi connectivity index (χ4v) is 6.91. The van der Waals surface area contributed by atoms with Crippen LogP contribution in [0, 0.1) is 12.8 Å². The number of fused-ring (bicyclic) bond motifs is 2. The summed E-state index contributed by atoms with van der Waals surface area (Å²) in [5.41, 5.74) is 6.76. The Morgan fingerprint density at radius 1 is 1.14 bits per heavy atom. The molecule has 5 atom stereocenters. The van der Waals surface area contributed by atoms with E-state index in [9.17, 15) is 12.8 Å².